The topological polar surface area (TPSA) is 27.1 Å². The van der Waals surface area contributed by atoms with Gasteiger partial charge in [0.25, 0.3) is 0 Å². The van der Waals surface area contributed by atoms with Gasteiger partial charge in [-0.25, -0.2) is 4.98 Å². The number of nitrogens with zero attached hydrogens (tertiary/aromatic N) is 2. The lowest BCUT2D eigenvalue weighted by Gasteiger charge is -2.11. The van der Waals surface area contributed by atoms with Crippen LogP contribution >= 0.6 is 11.6 Å². The molecule has 0 unspecified atom stereocenters. The van der Waals surface area contributed by atoms with Gasteiger partial charge < -0.3 is 9.30 Å². The highest BCUT2D eigenvalue weighted by Gasteiger charge is 2.11. The summed E-state index contributed by atoms with van der Waals surface area (Å²) < 4.78 is 8.28. The van der Waals surface area contributed by atoms with E-state index >= 15 is 0 Å². The first-order valence-electron chi connectivity index (χ1n) is 11.1. The molecule has 0 aliphatic carbocycles. The van der Waals surface area contributed by atoms with Gasteiger partial charge in [-0.3, -0.25) is 0 Å². The molecule has 0 saturated carbocycles. The summed E-state index contributed by atoms with van der Waals surface area (Å²) in [6.07, 6.45) is 12.0. The molecule has 4 heteroatoms. The highest BCUT2D eigenvalue weighted by atomic mass is 35.5. The molecule has 156 valence electrons. The molecule has 1 heterocycles. The van der Waals surface area contributed by atoms with Crippen LogP contribution in [0.3, 0.4) is 0 Å². The van der Waals surface area contributed by atoms with Crippen LogP contribution in [0.4, 0.5) is 0 Å². The molecule has 0 spiro atoms. The maximum Gasteiger partial charge on any atom is 0.147 e. The van der Waals surface area contributed by atoms with Crippen molar-refractivity contribution in [3.63, 3.8) is 0 Å². The molecule has 0 radical (unpaired) electrons. The quantitative estimate of drug-likeness (QED) is 0.268. The average molecular weight is 413 g/mol. The summed E-state index contributed by atoms with van der Waals surface area (Å²) in [7, 11) is 0. The van der Waals surface area contributed by atoms with Gasteiger partial charge in [0.1, 0.15) is 18.2 Å². The smallest absolute Gasteiger partial charge is 0.147 e. The van der Waals surface area contributed by atoms with E-state index in [4.69, 9.17) is 21.3 Å². The van der Waals surface area contributed by atoms with Crippen LogP contribution in [0.2, 0.25) is 5.02 Å². The number of ether oxygens (including phenoxy) is 1. The molecule has 0 fully saturated rings. The molecule has 0 bridgehead atoms. The van der Waals surface area contributed by atoms with Crippen LogP contribution in [-0.4, -0.2) is 9.55 Å². The standard InChI is InChI=1S/C25H33ClN2O/c1-2-3-4-5-6-7-8-9-14-19-28-23-17-12-11-16-22(23)27-25(28)20-29-24-18-13-10-15-21(24)26/h10-13,15-18H,2-9,14,19-20H2,1H3. The summed E-state index contributed by atoms with van der Waals surface area (Å²) in [5.41, 5.74) is 2.21. The second-order valence-electron chi connectivity index (χ2n) is 7.72. The lowest BCUT2D eigenvalue weighted by Crippen LogP contribution is -2.08. The molecule has 0 saturated heterocycles. The monoisotopic (exact) mass is 412 g/mol. The molecule has 0 atom stereocenters. The molecule has 0 N–H and O–H groups in total. The fourth-order valence-corrected chi connectivity index (χ4v) is 3.96. The number of halogens is 1. The zero-order valence-corrected chi connectivity index (χ0v) is 18.3. The number of benzene rings is 2. The zero-order chi connectivity index (χ0) is 20.3. The number of hydrogen-bond donors (Lipinski definition) is 0. The van der Waals surface area contributed by atoms with Crippen molar-refractivity contribution in [2.75, 3.05) is 0 Å². The van der Waals surface area contributed by atoms with E-state index < -0.39 is 0 Å². The van der Waals surface area contributed by atoms with Crippen LogP contribution in [0.5, 0.6) is 5.75 Å². The first-order valence-corrected chi connectivity index (χ1v) is 11.5. The van der Waals surface area contributed by atoms with Gasteiger partial charge in [0.2, 0.25) is 0 Å². The highest BCUT2D eigenvalue weighted by molar-refractivity contribution is 6.32. The van der Waals surface area contributed by atoms with Gasteiger partial charge in [-0.15, -0.1) is 0 Å². The predicted molar refractivity (Wildman–Crippen MR) is 123 cm³/mol. The van der Waals surface area contributed by atoms with E-state index in [9.17, 15) is 0 Å². The number of imidazole rings is 1. The molecule has 2 aromatic carbocycles. The fraction of sp³-hybridized carbons (Fsp3) is 0.480. The van der Waals surface area contributed by atoms with Crippen molar-refractivity contribution in [1.82, 2.24) is 9.55 Å². The molecule has 3 rings (SSSR count). The summed E-state index contributed by atoms with van der Waals surface area (Å²) in [5, 5.41) is 0.633. The number of aryl methyl sites for hydroxylation is 1. The molecule has 1 aromatic heterocycles. The second-order valence-corrected chi connectivity index (χ2v) is 8.12. The molecule has 29 heavy (non-hydrogen) atoms. The first-order chi connectivity index (χ1) is 14.3. The Morgan fingerprint density at radius 1 is 0.828 bits per heavy atom. The fourth-order valence-electron chi connectivity index (χ4n) is 3.77. The van der Waals surface area contributed by atoms with Gasteiger partial charge in [-0.05, 0) is 30.7 Å². The Balaban J connectivity index is 1.54. The molecule has 3 aromatic rings. The number of aromatic nitrogens is 2. The number of hydrogen-bond acceptors (Lipinski definition) is 2. The Morgan fingerprint density at radius 2 is 1.48 bits per heavy atom. The minimum absolute atomic E-state index is 0.426. The molecule has 0 aliphatic heterocycles. The molecule has 3 nitrogen and oxygen atoms in total. The van der Waals surface area contributed by atoms with E-state index in [-0.39, 0.29) is 0 Å². The van der Waals surface area contributed by atoms with E-state index in [1.54, 1.807) is 0 Å². The molecular formula is C25H33ClN2O. The van der Waals surface area contributed by atoms with Crippen LogP contribution in [0, 0.1) is 0 Å². The Labute approximate surface area is 180 Å². The van der Waals surface area contributed by atoms with Gasteiger partial charge in [0.15, 0.2) is 0 Å². The van der Waals surface area contributed by atoms with Crippen molar-refractivity contribution in [3.05, 3.63) is 59.4 Å². The maximum absolute atomic E-state index is 6.23. The second kappa shape index (κ2) is 11.9. The van der Waals surface area contributed by atoms with E-state index in [0.717, 1.165) is 17.9 Å². The lowest BCUT2D eigenvalue weighted by molar-refractivity contribution is 0.289. The largest absolute Gasteiger partial charge is 0.484 e. The first kappa shape index (κ1) is 21.7. The minimum atomic E-state index is 0.426. The van der Waals surface area contributed by atoms with Crippen molar-refractivity contribution in [2.45, 2.75) is 77.9 Å². The normalized spacial score (nSPS) is 11.2. The van der Waals surface area contributed by atoms with E-state index in [1.807, 2.05) is 30.3 Å². The zero-order valence-electron chi connectivity index (χ0n) is 17.6. The summed E-state index contributed by atoms with van der Waals surface area (Å²) in [5.74, 6) is 1.67. The Bertz CT molecular complexity index is 874. The summed E-state index contributed by atoms with van der Waals surface area (Å²) in [6.45, 7) is 3.68. The Hall–Kier alpha value is -2.00. The maximum atomic E-state index is 6.23. The van der Waals surface area contributed by atoms with E-state index in [0.29, 0.717) is 17.4 Å². The SMILES string of the molecule is CCCCCCCCCCCn1c(COc2ccccc2Cl)nc2ccccc21. The van der Waals surface area contributed by atoms with Crippen LogP contribution in [-0.2, 0) is 13.2 Å². The summed E-state index contributed by atoms with van der Waals surface area (Å²) >= 11 is 6.23. The van der Waals surface area contributed by atoms with Crippen LogP contribution in [0.25, 0.3) is 11.0 Å². The minimum Gasteiger partial charge on any atom is -0.484 e. The number of fused-ring (bicyclic) bond motifs is 1. The third kappa shape index (κ3) is 6.50. The third-order valence-corrected chi connectivity index (χ3v) is 5.72. The Morgan fingerprint density at radius 3 is 2.24 bits per heavy atom. The van der Waals surface area contributed by atoms with Crippen LogP contribution in [0.15, 0.2) is 48.5 Å². The number of unbranched alkanes of at least 4 members (excludes halogenated alkanes) is 8. The lowest BCUT2D eigenvalue weighted by atomic mass is 10.1. The average Bonchev–Trinajstić information content (AvgIpc) is 3.09. The van der Waals surface area contributed by atoms with Crippen molar-refractivity contribution in [2.24, 2.45) is 0 Å². The van der Waals surface area contributed by atoms with Crippen molar-refractivity contribution >= 4 is 22.6 Å². The molecule has 0 amide bonds. The van der Waals surface area contributed by atoms with Crippen LogP contribution < -0.4 is 4.74 Å². The highest BCUT2D eigenvalue weighted by Crippen LogP contribution is 2.25. The predicted octanol–water partition coefficient (Wildman–Crippen LogP) is 7.80. The van der Waals surface area contributed by atoms with Gasteiger partial charge >= 0.3 is 0 Å². The van der Waals surface area contributed by atoms with E-state index in [1.165, 1.54) is 63.3 Å². The van der Waals surface area contributed by atoms with Crippen molar-refractivity contribution < 1.29 is 4.74 Å². The van der Waals surface area contributed by atoms with E-state index in [2.05, 4.69) is 29.7 Å². The third-order valence-electron chi connectivity index (χ3n) is 5.41. The van der Waals surface area contributed by atoms with Gasteiger partial charge in [0.05, 0.1) is 16.1 Å². The van der Waals surface area contributed by atoms with Crippen LogP contribution in [0.1, 0.15) is 70.5 Å². The van der Waals surface area contributed by atoms with Crippen molar-refractivity contribution in [1.29, 1.82) is 0 Å². The Kier molecular flexibility index (Phi) is 8.88. The number of rotatable bonds is 13. The number of para-hydroxylation sites is 3. The van der Waals surface area contributed by atoms with Gasteiger partial charge in [-0.2, -0.15) is 0 Å². The van der Waals surface area contributed by atoms with Gasteiger partial charge in [0, 0.05) is 6.54 Å². The molecule has 0 aliphatic rings. The summed E-state index contributed by atoms with van der Waals surface area (Å²) in [6, 6.07) is 15.9. The summed E-state index contributed by atoms with van der Waals surface area (Å²) in [4.78, 5) is 4.81. The van der Waals surface area contributed by atoms with Gasteiger partial charge in [-0.1, -0.05) is 94.2 Å². The van der Waals surface area contributed by atoms with Crippen molar-refractivity contribution in [3.8, 4) is 5.75 Å². The molecular weight excluding hydrogens is 380 g/mol.